The summed E-state index contributed by atoms with van der Waals surface area (Å²) in [6.45, 7) is 1.92. The highest BCUT2D eigenvalue weighted by atomic mass is 19.1. The molecule has 3 heteroatoms. The molecule has 1 atom stereocenters. The molecule has 0 saturated heterocycles. The van der Waals surface area contributed by atoms with Crippen molar-refractivity contribution in [2.24, 2.45) is 5.73 Å². The van der Waals surface area contributed by atoms with Crippen molar-refractivity contribution in [1.29, 1.82) is 0 Å². The highest BCUT2D eigenvalue weighted by Gasteiger charge is 2.09. The lowest BCUT2D eigenvalue weighted by molar-refractivity contribution is 0.410. The number of nitrogens with two attached hydrogens (primary N) is 1. The van der Waals surface area contributed by atoms with Gasteiger partial charge in [-0.05, 0) is 12.5 Å². The maximum Gasteiger partial charge on any atom is 0.131 e. The number of methoxy groups -OCH3 is 1. The molecule has 13 heavy (non-hydrogen) atoms. The Labute approximate surface area is 77.5 Å². The van der Waals surface area contributed by atoms with Gasteiger partial charge in [-0.25, -0.2) is 4.39 Å². The molecule has 0 heterocycles. The molecule has 0 bridgehead atoms. The summed E-state index contributed by atoms with van der Waals surface area (Å²) in [6.07, 6.45) is 0.725. The first kappa shape index (κ1) is 9.99. The van der Waals surface area contributed by atoms with Gasteiger partial charge in [0.05, 0.1) is 7.11 Å². The zero-order chi connectivity index (χ0) is 9.84. The molecule has 1 rings (SSSR count). The molecule has 0 radical (unpaired) electrons. The number of rotatable bonds is 3. The second-order valence-corrected chi connectivity index (χ2v) is 2.90. The minimum Gasteiger partial charge on any atom is -0.497 e. The van der Waals surface area contributed by atoms with Crippen LogP contribution in [0.5, 0.6) is 5.75 Å². The average Bonchev–Trinajstić information content (AvgIpc) is 2.16. The fraction of sp³-hybridized carbons (Fsp3) is 0.400. The molecule has 0 fully saturated rings. The fourth-order valence-electron chi connectivity index (χ4n) is 1.16. The van der Waals surface area contributed by atoms with E-state index >= 15 is 0 Å². The van der Waals surface area contributed by atoms with Gasteiger partial charge in [-0.3, -0.25) is 0 Å². The van der Waals surface area contributed by atoms with E-state index in [1.165, 1.54) is 13.2 Å². The minimum absolute atomic E-state index is 0.231. The predicted octanol–water partition coefficient (Wildman–Crippen LogP) is 2.24. The summed E-state index contributed by atoms with van der Waals surface area (Å²) in [6, 6.07) is 4.51. The molecule has 0 aromatic heterocycles. The van der Waals surface area contributed by atoms with E-state index in [9.17, 15) is 4.39 Å². The maximum atomic E-state index is 13.3. The molecule has 0 spiro atoms. The van der Waals surface area contributed by atoms with Crippen molar-refractivity contribution < 1.29 is 9.13 Å². The predicted molar refractivity (Wildman–Crippen MR) is 50.2 cm³/mol. The second-order valence-electron chi connectivity index (χ2n) is 2.90. The van der Waals surface area contributed by atoms with Crippen LogP contribution >= 0.6 is 0 Å². The van der Waals surface area contributed by atoms with E-state index in [-0.39, 0.29) is 11.9 Å². The Kier molecular flexibility index (Phi) is 3.25. The molecule has 72 valence electrons. The van der Waals surface area contributed by atoms with Gasteiger partial charge in [0, 0.05) is 17.7 Å². The lowest BCUT2D eigenvalue weighted by atomic mass is 10.0. The third-order valence-corrected chi connectivity index (χ3v) is 2.05. The molecular weight excluding hydrogens is 169 g/mol. The summed E-state index contributed by atoms with van der Waals surface area (Å²) < 4.78 is 18.2. The van der Waals surface area contributed by atoms with Gasteiger partial charge in [-0.1, -0.05) is 13.0 Å². The van der Waals surface area contributed by atoms with E-state index in [2.05, 4.69) is 0 Å². The molecule has 2 N–H and O–H groups in total. The van der Waals surface area contributed by atoms with Crippen molar-refractivity contribution >= 4 is 0 Å². The molecule has 0 amide bonds. The monoisotopic (exact) mass is 183 g/mol. The number of ether oxygens (including phenoxy) is 1. The number of halogens is 1. The van der Waals surface area contributed by atoms with Crippen molar-refractivity contribution in [3.63, 3.8) is 0 Å². The van der Waals surface area contributed by atoms with Crippen LogP contribution in [-0.2, 0) is 0 Å². The van der Waals surface area contributed by atoms with Gasteiger partial charge < -0.3 is 10.5 Å². The van der Waals surface area contributed by atoms with Gasteiger partial charge >= 0.3 is 0 Å². The van der Waals surface area contributed by atoms with Crippen LogP contribution in [0, 0.1) is 5.82 Å². The average molecular weight is 183 g/mol. The Balaban J connectivity index is 2.98. The minimum atomic E-state index is -0.297. The van der Waals surface area contributed by atoms with Crippen LogP contribution < -0.4 is 10.5 Å². The van der Waals surface area contributed by atoms with Gasteiger partial charge in [0.1, 0.15) is 11.6 Å². The summed E-state index contributed by atoms with van der Waals surface area (Å²) in [7, 11) is 1.51. The van der Waals surface area contributed by atoms with Gasteiger partial charge in [0.25, 0.3) is 0 Å². The third kappa shape index (κ3) is 2.18. The lowest BCUT2D eigenvalue weighted by Crippen LogP contribution is -2.10. The molecule has 2 nitrogen and oxygen atoms in total. The van der Waals surface area contributed by atoms with Crippen molar-refractivity contribution in [3.8, 4) is 5.75 Å². The Morgan fingerprint density at radius 3 is 2.69 bits per heavy atom. The molecule has 1 aromatic rings. The normalized spacial score (nSPS) is 12.6. The summed E-state index contributed by atoms with van der Waals surface area (Å²) in [5.74, 6) is 0.221. The van der Waals surface area contributed by atoms with Gasteiger partial charge in [0.2, 0.25) is 0 Å². The maximum absolute atomic E-state index is 13.3. The van der Waals surface area contributed by atoms with Crippen LogP contribution in [0.15, 0.2) is 18.2 Å². The van der Waals surface area contributed by atoms with Crippen LogP contribution in [0.2, 0.25) is 0 Å². The van der Waals surface area contributed by atoms with Crippen LogP contribution in [0.3, 0.4) is 0 Å². The standard InChI is InChI=1S/C10H14FNO/c1-3-10(12)8-5-4-7(13-2)6-9(8)11/h4-6,10H,3,12H2,1-2H3/t10-/m1/s1. The smallest absolute Gasteiger partial charge is 0.131 e. The van der Waals surface area contributed by atoms with E-state index in [0.717, 1.165) is 6.42 Å². The van der Waals surface area contributed by atoms with Crippen molar-refractivity contribution in [2.45, 2.75) is 19.4 Å². The van der Waals surface area contributed by atoms with Crippen LogP contribution in [0.4, 0.5) is 4.39 Å². The number of hydrogen-bond donors (Lipinski definition) is 1. The lowest BCUT2D eigenvalue weighted by Gasteiger charge is -2.10. The summed E-state index contributed by atoms with van der Waals surface area (Å²) in [4.78, 5) is 0. The number of hydrogen-bond acceptors (Lipinski definition) is 2. The largest absolute Gasteiger partial charge is 0.497 e. The quantitative estimate of drug-likeness (QED) is 0.780. The summed E-state index contributed by atoms with van der Waals surface area (Å²) in [5, 5.41) is 0. The SMILES string of the molecule is CC[C@@H](N)c1ccc(OC)cc1F. The Bertz CT molecular complexity index is 288. The second kappa shape index (κ2) is 4.23. The topological polar surface area (TPSA) is 35.2 Å². The molecule has 0 saturated carbocycles. The number of benzene rings is 1. The van der Waals surface area contributed by atoms with Crippen LogP contribution in [0.25, 0.3) is 0 Å². The molecule has 1 aromatic carbocycles. The van der Waals surface area contributed by atoms with Crippen molar-refractivity contribution in [3.05, 3.63) is 29.6 Å². The summed E-state index contributed by atoms with van der Waals surface area (Å²) in [5.41, 5.74) is 6.25. The van der Waals surface area contributed by atoms with Crippen molar-refractivity contribution in [1.82, 2.24) is 0 Å². The molecule has 0 aliphatic heterocycles. The third-order valence-electron chi connectivity index (χ3n) is 2.05. The van der Waals surface area contributed by atoms with Gasteiger partial charge in [0.15, 0.2) is 0 Å². The van der Waals surface area contributed by atoms with E-state index in [1.807, 2.05) is 6.92 Å². The summed E-state index contributed by atoms with van der Waals surface area (Å²) >= 11 is 0. The zero-order valence-electron chi connectivity index (χ0n) is 7.88. The van der Waals surface area contributed by atoms with Crippen LogP contribution in [-0.4, -0.2) is 7.11 Å². The van der Waals surface area contributed by atoms with Gasteiger partial charge in [-0.2, -0.15) is 0 Å². The Morgan fingerprint density at radius 2 is 2.23 bits per heavy atom. The highest BCUT2D eigenvalue weighted by molar-refractivity contribution is 5.30. The Morgan fingerprint density at radius 1 is 1.54 bits per heavy atom. The molecule has 0 unspecified atom stereocenters. The first-order valence-electron chi connectivity index (χ1n) is 4.28. The van der Waals surface area contributed by atoms with Crippen molar-refractivity contribution in [2.75, 3.05) is 7.11 Å². The van der Waals surface area contributed by atoms with E-state index in [1.54, 1.807) is 12.1 Å². The Hall–Kier alpha value is -1.09. The molecule has 0 aliphatic rings. The molecular formula is C10H14FNO. The van der Waals surface area contributed by atoms with Crippen LogP contribution in [0.1, 0.15) is 24.9 Å². The molecule has 0 aliphatic carbocycles. The van der Waals surface area contributed by atoms with E-state index in [0.29, 0.717) is 11.3 Å². The first-order valence-corrected chi connectivity index (χ1v) is 4.28. The van der Waals surface area contributed by atoms with Gasteiger partial charge in [-0.15, -0.1) is 0 Å². The van der Waals surface area contributed by atoms with E-state index < -0.39 is 0 Å². The zero-order valence-corrected chi connectivity index (χ0v) is 7.88. The highest BCUT2D eigenvalue weighted by Crippen LogP contribution is 2.21. The van der Waals surface area contributed by atoms with E-state index in [4.69, 9.17) is 10.5 Å². The fourth-order valence-corrected chi connectivity index (χ4v) is 1.16. The first-order chi connectivity index (χ1) is 6.19.